The number of nitrogens with zero attached hydrogens (tertiary/aromatic N) is 4. The van der Waals surface area contributed by atoms with E-state index in [-0.39, 0.29) is 5.56 Å². The van der Waals surface area contributed by atoms with E-state index in [0.29, 0.717) is 44.3 Å². The smallest absolute Gasteiger partial charge is 0.288 e. The summed E-state index contributed by atoms with van der Waals surface area (Å²) in [7, 11) is 1.71. The number of aromatic nitrogens is 4. The Morgan fingerprint density at radius 2 is 1.90 bits per heavy atom. The minimum absolute atomic E-state index is 0.0794. The number of nitrogens with one attached hydrogen (secondary N) is 1. The third-order valence-corrected chi connectivity index (χ3v) is 6.83. The molecule has 30 heavy (non-hydrogen) atoms. The molecule has 6 nitrogen and oxygen atoms in total. The first-order chi connectivity index (χ1) is 14.5. The predicted octanol–water partition coefficient (Wildman–Crippen LogP) is 5.14. The zero-order valence-electron chi connectivity index (χ0n) is 15.6. The van der Waals surface area contributed by atoms with Gasteiger partial charge in [-0.1, -0.05) is 47.0 Å². The van der Waals surface area contributed by atoms with Gasteiger partial charge in [-0.25, -0.2) is 4.98 Å². The lowest BCUT2D eigenvalue weighted by Gasteiger charge is -2.07. The Morgan fingerprint density at radius 3 is 2.67 bits per heavy atom. The van der Waals surface area contributed by atoms with Gasteiger partial charge in [0.1, 0.15) is 5.82 Å². The first-order valence-electron chi connectivity index (χ1n) is 8.72. The molecule has 0 saturated carbocycles. The number of para-hydroxylation sites is 1. The Kier molecular flexibility index (Phi) is 6.30. The number of rotatable bonds is 7. The van der Waals surface area contributed by atoms with Crippen molar-refractivity contribution in [3.05, 3.63) is 64.7 Å². The summed E-state index contributed by atoms with van der Waals surface area (Å²) in [5, 5.41) is 12.5. The third-order valence-electron chi connectivity index (χ3n) is 4.14. The predicted molar refractivity (Wildman–Crippen MR) is 118 cm³/mol. The van der Waals surface area contributed by atoms with Gasteiger partial charge in [-0.05, 0) is 36.4 Å². The van der Waals surface area contributed by atoms with E-state index in [0.717, 1.165) is 10.0 Å². The summed E-state index contributed by atoms with van der Waals surface area (Å²) < 4.78 is 27.1. The summed E-state index contributed by atoms with van der Waals surface area (Å²) in [5.41, 5.74) is 1.33. The highest BCUT2D eigenvalue weighted by molar-refractivity contribution is 8.00. The Labute approximate surface area is 182 Å². The number of fused-ring (bicyclic) bond motifs is 1. The van der Waals surface area contributed by atoms with Crippen molar-refractivity contribution in [2.24, 2.45) is 7.05 Å². The van der Waals surface area contributed by atoms with Gasteiger partial charge in [0, 0.05) is 17.6 Å². The molecule has 0 saturated heterocycles. The molecule has 0 atom stereocenters. The molecule has 0 spiro atoms. The highest BCUT2D eigenvalue weighted by atomic mass is 32.2. The van der Waals surface area contributed by atoms with E-state index in [1.54, 1.807) is 41.9 Å². The molecule has 2 heterocycles. The van der Waals surface area contributed by atoms with Gasteiger partial charge in [0.25, 0.3) is 11.3 Å². The van der Waals surface area contributed by atoms with E-state index in [2.05, 4.69) is 20.5 Å². The molecule has 2 aromatic heterocycles. The van der Waals surface area contributed by atoms with Gasteiger partial charge >= 0.3 is 0 Å². The molecule has 4 aromatic rings. The topological polar surface area (TPSA) is 72.7 Å². The highest BCUT2D eigenvalue weighted by Crippen LogP contribution is 2.31. The zero-order valence-corrected chi connectivity index (χ0v) is 18.0. The fourth-order valence-corrected chi connectivity index (χ4v) is 4.94. The Hall–Kier alpha value is -2.50. The fraction of sp³-hybridized carbons (Fsp3) is 0.158. The maximum atomic E-state index is 12.5. The molecule has 1 N–H and O–H groups in total. The summed E-state index contributed by atoms with van der Waals surface area (Å²) in [6.45, 7) is 0. The third kappa shape index (κ3) is 4.79. The molecule has 0 radical (unpaired) electrons. The van der Waals surface area contributed by atoms with Crippen LogP contribution in [0.2, 0.25) is 0 Å². The maximum Gasteiger partial charge on any atom is 0.288 e. The van der Waals surface area contributed by atoms with E-state index < -0.39 is 5.76 Å². The number of hydrogen-bond donors (Lipinski definition) is 1. The van der Waals surface area contributed by atoms with Crippen LogP contribution in [-0.4, -0.2) is 25.5 Å². The second-order valence-electron chi connectivity index (χ2n) is 6.10. The van der Waals surface area contributed by atoms with E-state index in [1.165, 1.54) is 23.1 Å². The molecule has 0 bridgehead atoms. The number of benzene rings is 2. The van der Waals surface area contributed by atoms with Crippen LogP contribution in [0, 0.1) is 0 Å². The molecule has 0 aliphatic carbocycles. The van der Waals surface area contributed by atoms with Crippen molar-refractivity contribution in [1.82, 2.24) is 19.7 Å². The molecular weight excluding hydrogens is 448 g/mol. The van der Waals surface area contributed by atoms with Crippen molar-refractivity contribution < 1.29 is 8.78 Å². The van der Waals surface area contributed by atoms with Gasteiger partial charge < -0.3 is 5.32 Å². The van der Waals surface area contributed by atoms with Crippen LogP contribution in [-0.2, 0) is 12.8 Å². The van der Waals surface area contributed by atoms with E-state index >= 15 is 0 Å². The molecular formula is C19H15F2N5OS3. The van der Waals surface area contributed by atoms with Crippen LogP contribution in [0.5, 0.6) is 0 Å². The summed E-state index contributed by atoms with van der Waals surface area (Å²) in [6, 6.07) is 13.9. The van der Waals surface area contributed by atoms with Crippen molar-refractivity contribution in [2.75, 3.05) is 5.32 Å². The van der Waals surface area contributed by atoms with Gasteiger partial charge in [0.05, 0.1) is 16.7 Å². The molecule has 0 fully saturated rings. The maximum absolute atomic E-state index is 12.5. The first kappa shape index (κ1) is 20.8. The highest BCUT2D eigenvalue weighted by Gasteiger charge is 2.11. The summed E-state index contributed by atoms with van der Waals surface area (Å²) in [5.74, 6) is -1.31. The molecule has 154 valence electrons. The second kappa shape index (κ2) is 9.11. The quantitative estimate of drug-likeness (QED) is 0.381. The lowest BCUT2D eigenvalue weighted by atomic mass is 10.2. The van der Waals surface area contributed by atoms with Crippen LogP contribution in [0.1, 0.15) is 5.82 Å². The van der Waals surface area contributed by atoms with Crippen LogP contribution in [0.25, 0.3) is 10.9 Å². The molecule has 0 unspecified atom stereocenters. The molecule has 0 amide bonds. The number of hydrogen-bond acceptors (Lipinski definition) is 8. The fourth-order valence-electron chi connectivity index (χ4n) is 2.68. The van der Waals surface area contributed by atoms with Crippen LogP contribution >= 0.6 is 34.9 Å². The average Bonchev–Trinajstić information content (AvgIpc) is 3.18. The number of halogens is 2. The van der Waals surface area contributed by atoms with Gasteiger partial charge in [0.2, 0.25) is 5.13 Å². The summed E-state index contributed by atoms with van der Waals surface area (Å²) in [6.07, 6.45) is 0. The Morgan fingerprint density at radius 1 is 1.13 bits per heavy atom. The Bertz CT molecular complexity index is 1230. The lowest BCUT2D eigenvalue weighted by molar-refractivity contribution is 0.252. The van der Waals surface area contributed by atoms with Crippen molar-refractivity contribution in [3.63, 3.8) is 0 Å². The first-order valence-corrected chi connectivity index (χ1v) is 11.4. The lowest BCUT2D eigenvalue weighted by Crippen LogP contribution is -2.21. The number of alkyl halides is 2. The van der Waals surface area contributed by atoms with Crippen LogP contribution in [0.3, 0.4) is 0 Å². The monoisotopic (exact) mass is 463 g/mol. The number of anilines is 2. The zero-order chi connectivity index (χ0) is 21.1. The van der Waals surface area contributed by atoms with Crippen molar-refractivity contribution >= 4 is 56.6 Å². The van der Waals surface area contributed by atoms with Gasteiger partial charge in [-0.2, -0.15) is 8.78 Å². The summed E-state index contributed by atoms with van der Waals surface area (Å²) in [4.78, 5) is 17.6. The number of thioether (sulfide) groups is 2. The van der Waals surface area contributed by atoms with Crippen LogP contribution < -0.4 is 10.9 Å². The van der Waals surface area contributed by atoms with Crippen LogP contribution in [0.15, 0.2) is 62.6 Å². The molecule has 11 heteroatoms. The molecule has 2 aromatic carbocycles. The standard InChI is InChI=1S/C19H15F2N5OS3/c1-26-15(23-14-5-3-2-4-13(14)16(26)27)10-28-19-25-24-18(30-19)22-11-6-8-12(9-7-11)29-17(20)21/h2-9,17H,10H2,1H3,(H,22,24). The van der Waals surface area contributed by atoms with Crippen molar-refractivity contribution in [2.45, 2.75) is 20.7 Å². The molecule has 4 rings (SSSR count). The van der Waals surface area contributed by atoms with Gasteiger partial charge in [-0.3, -0.25) is 9.36 Å². The largest absolute Gasteiger partial charge is 0.330 e. The van der Waals surface area contributed by atoms with E-state index in [1.807, 2.05) is 18.2 Å². The minimum atomic E-state index is -2.44. The molecule has 0 aliphatic heterocycles. The van der Waals surface area contributed by atoms with Crippen LogP contribution in [0.4, 0.5) is 19.6 Å². The van der Waals surface area contributed by atoms with Gasteiger partial charge in [-0.15, -0.1) is 10.2 Å². The van der Waals surface area contributed by atoms with E-state index in [4.69, 9.17) is 0 Å². The minimum Gasteiger partial charge on any atom is -0.330 e. The van der Waals surface area contributed by atoms with Crippen molar-refractivity contribution in [3.8, 4) is 0 Å². The van der Waals surface area contributed by atoms with Crippen molar-refractivity contribution in [1.29, 1.82) is 0 Å². The summed E-state index contributed by atoms with van der Waals surface area (Å²) >= 11 is 3.31. The second-order valence-corrected chi connectivity index (χ2v) is 9.36. The Balaban J connectivity index is 1.42. The average molecular weight is 464 g/mol. The van der Waals surface area contributed by atoms with E-state index in [9.17, 15) is 13.6 Å². The normalized spacial score (nSPS) is 11.3. The van der Waals surface area contributed by atoms with Gasteiger partial charge in [0.15, 0.2) is 4.34 Å². The molecule has 0 aliphatic rings. The SMILES string of the molecule is Cn1c(CSc2nnc(Nc3ccc(SC(F)F)cc3)s2)nc2ccccc2c1=O.